The summed E-state index contributed by atoms with van der Waals surface area (Å²) in [5, 5.41) is 9.19. The maximum Gasteiger partial charge on any atom is 0.326 e. The molecule has 1 fully saturated rings. The number of hydrogen-bond donors (Lipinski definition) is 1. The summed E-state index contributed by atoms with van der Waals surface area (Å²) in [7, 11) is 0. The van der Waals surface area contributed by atoms with Crippen molar-refractivity contribution in [3.8, 4) is 0 Å². The first-order chi connectivity index (χ1) is 8.99. The second-order valence-corrected chi connectivity index (χ2v) is 4.79. The molecule has 1 aliphatic heterocycles. The second kappa shape index (κ2) is 5.34. The highest BCUT2D eigenvalue weighted by Crippen LogP contribution is 2.19. The van der Waals surface area contributed by atoms with Gasteiger partial charge in [0.25, 0.3) is 5.91 Å². The number of carbonyl (C=O) groups excluding carboxylic acids is 1. The first-order valence-electron chi connectivity index (χ1n) is 6.35. The standard InChI is InChI=1S/C13H17N3O3/c1-8-7-10(15-9(2)14-8)12(17)16-6-4-3-5-11(16)13(18)19/h7,11H,3-6H2,1-2H3,(H,18,19). The fourth-order valence-electron chi connectivity index (χ4n) is 2.41. The average molecular weight is 263 g/mol. The number of piperidine rings is 1. The first-order valence-corrected chi connectivity index (χ1v) is 6.35. The highest BCUT2D eigenvalue weighted by atomic mass is 16.4. The molecule has 0 spiro atoms. The monoisotopic (exact) mass is 263 g/mol. The molecular weight excluding hydrogens is 246 g/mol. The van der Waals surface area contributed by atoms with Crippen molar-refractivity contribution in [3.05, 3.63) is 23.3 Å². The number of nitrogens with zero attached hydrogens (tertiary/aromatic N) is 3. The molecule has 1 aromatic rings. The van der Waals surface area contributed by atoms with E-state index in [0.29, 0.717) is 24.5 Å². The summed E-state index contributed by atoms with van der Waals surface area (Å²) in [4.78, 5) is 33.2. The number of carboxylic acids is 1. The molecule has 0 saturated carbocycles. The lowest BCUT2D eigenvalue weighted by Gasteiger charge is -2.32. The van der Waals surface area contributed by atoms with Crippen LogP contribution in [0.1, 0.15) is 41.3 Å². The van der Waals surface area contributed by atoms with Gasteiger partial charge in [-0.15, -0.1) is 0 Å². The molecule has 2 rings (SSSR count). The third-order valence-corrected chi connectivity index (χ3v) is 3.23. The van der Waals surface area contributed by atoms with E-state index in [1.54, 1.807) is 19.9 Å². The van der Waals surface area contributed by atoms with Crippen LogP contribution in [-0.4, -0.2) is 44.4 Å². The minimum absolute atomic E-state index is 0.276. The highest BCUT2D eigenvalue weighted by Gasteiger charge is 2.33. The van der Waals surface area contributed by atoms with Gasteiger partial charge in [-0.2, -0.15) is 0 Å². The first kappa shape index (κ1) is 13.5. The number of aryl methyl sites for hydroxylation is 2. The number of amides is 1. The van der Waals surface area contributed by atoms with E-state index in [2.05, 4.69) is 9.97 Å². The Morgan fingerprint density at radius 3 is 2.68 bits per heavy atom. The van der Waals surface area contributed by atoms with Crippen LogP contribution in [0, 0.1) is 13.8 Å². The summed E-state index contributed by atoms with van der Waals surface area (Å²) in [5.41, 5.74) is 0.984. The summed E-state index contributed by atoms with van der Waals surface area (Å²) < 4.78 is 0. The summed E-state index contributed by atoms with van der Waals surface area (Å²) in [5.74, 6) is -0.747. The van der Waals surface area contributed by atoms with E-state index in [1.807, 2.05) is 0 Å². The van der Waals surface area contributed by atoms with E-state index in [-0.39, 0.29) is 11.6 Å². The third-order valence-electron chi connectivity index (χ3n) is 3.23. The van der Waals surface area contributed by atoms with Crippen LogP contribution in [0.5, 0.6) is 0 Å². The van der Waals surface area contributed by atoms with Crippen LogP contribution in [0.25, 0.3) is 0 Å². The van der Waals surface area contributed by atoms with E-state index in [1.165, 1.54) is 4.90 Å². The number of hydrogen-bond acceptors (Lipinski definition) is 4. The second-order valence-electron chi connectivity index (χ2n) is 4.79. The van der Waals surface area contributed by atoms with Gasteiger partial charge in [0.05, 0.1) is 0 Å². The molecule has 1 atom stereocenters. The van der Waals surface area contributed by atoms with Crippen molar-refractivity contribution in [1.29, 1.82) is 0 Å². The Balaban J connectivity index is 2.28. The molecule has 1 saturated heterocycles. The molecule has 19 heavy (non-hydrogen) atoms. The lowest BCUT2D eigenvalue weighted by molar-refractivity contribution is -0.143. The molecule has 1 aromatic heterocycles. The largest absolute Gasteiger partial charge is 0.480 e. The maximum absolute atomic E-state index is 12.4. The van der Waals surface area contributed by atoms with Crippen LogP contribution in [0.2, 0.25) is 0 Å². The molecule has 6 nitrogen and oxygen atoms in total. The van der Waals surface area contributed by atoms with Crippen LogP contribution in [0.15, 0.2) is 6.07 Å². The Bertz CT molecular complexity index is 496. The van der Waals surface area contributed by atoms with Gasteiger partial charge in [-0.05, 0) is 39.2 Å². The minimum atomic E-state index is -0.949. The van der Waals surface area contributed by atoms with Crippen molar-refractivity contribution in [2.45, 2.75) is 39.2 Å². The van der Waals surface area contributed by atoms with E-state index in [4.69, 9.17) is 0 Å². The maximum atomic E-state index is 12.4. The van der Waals surface area contributed by atoms with Gasteiger partial charge in [-0.3, -0.25) is 4.79 Å². The van der Waals surface area contributed by atoms with Gasteiger partial charge >= 0.3 is 5.97 Å². The van der Waals surface area contributed by atoms with Gasteiger partial charge in [0.2, 0.25) is 0 Å². The Morgan fingerprint density at radius 1 is 1.32 bits per heavy atom. The molecule has 0 bridgehead atoms. The smallest absolute Gasteiger partial charge is 0.326 e. The summed E-state index contributed by atoms with van der Waals surface area (Å²) >= 11 is 0. The normalized spacial score (nSPS) is 19.3. The zero-order chi connectivity index (χ0) is 14.0. The summed E-state index contributed by atoms with van der Waals surface area (Å²) in [6.07, 6.45) is 2.17. The molecule has 102 valence electrons. The number of aromatic nitrogens is 2. The summed E-state index contributed by atoms with van der Waals surface area (Å²) in [6, 6.07) is 0.861. The van der Waals surface area contributed by atoms with E-state index < -0.39 is 12.0 Å². The van der Waals surface area contributed by atoms with E-state index >= 15 is 0 Å². The van der Waals surface area contributed by atoms with Gasteiger partial charge < -0.3 is 10.0 Å². The molecule has 2 heterocycles. The van der Waals surface area contributed by atoms with Gasteiger partial charge in [-0.25, -0.2) is 14.8 Å². The van der Waals surface area contributed by atoms with Crippen molar-refractivity contribution in [2.75, 3.05) is 6.54 Å². The quantitative estimate of drug-likeness (QED) is 0.866. The topological polar surface area (TPSA) is 83.4 Å². The highest BCUT2D eigenvalue weighted by molar-refractivity contribution is 5.95. The fraction of sp³-hybridized carbons (Fsp3) is 0.538. The molecule has 6 heteroatoms. The van der Waals surface area contributed by atoms with Crippen molar-refractivity contribution in [2.24, 2.45) is 0 Å². The van der Waals surface area contributed by atoms with Crippen LogP contribution < -0.4 is 0 Å². The Morgan fingerprint density at radius 2 is 2.05 bits per heavy atom. The zero-order valence-corrected chi connectivity index (χ0v) is 11.1. The van der Waals surface area contributed by atoms with Gasteiger partial charge in [0, 0.05) is 12.2 Å². The Hall–Kier alpha value is -1.98. The number of carbonyl (C=O) groups is 2. The zero-order valence-electron chi connectivity index (χ0n) is 11.1. The Labute approximate surface area is 111 Å². The SMILES string of the molecule is Cc1cc(C(=O)N2CCCCC2C(=O)O)nc(C)n1. The third kappa shape index (κ3) is 2.89. The molecule has 1 amide bonds. The van der Waals surface area contributed by atoms with Crippen molar-refractivity contribution < 1.29 is 14.7 Å². The van der Waals surface area contributed by atoms with Crippen molar-refractivity contribution >= 4 is 11.9 Å². The van der Waals surface area contributed by atoms with E-state index in [0.717, 1.165) is 12.8 Å². The number of aliphatic carboxylic acids is 1. The molecule has 0 radical (unpaired) electrons. The summed E-state index contributed by atoms with van der Waals surface area (Å²) in [6.45, 7) is 3.98. The number of rotatable bonds is 2. The predicted molar refractivity (Wildman–Crippen MR) is 67.8 cm³/mol. The van der Waals surface area contributed by atoms with Crippen LogP contribution in [-0.2, 0) is 4.79 Å². The molecule has 0 aliphatic carbocycles. The van der Waals surface area contributed by atoms with Gasteiger partial charge in [0.1, 0.15) is 17.6 Å². The van der Waals surface area contributed by atoms with Gasteiger partial charge in [-0.1, -0.05) is 0 Å². The molecular formula is C13H17N3O3. The predicted octanol–water partition coefficient (Wildman–Crippen LogP) is 1.17. The molecule has 0 aromatic carbocycles. The fourth-order valence-corrected chi connectivity index (χ4v) is 2.41. The number of carboxylic acid groups (broad SMARTS) is 1. The molecule has 1 N–H and O–H groups in total. The van der Waals surface area contributed by atoms with E-state index in [9.17, 15) is 14.7 Å². The Kier molecular flexibility index (Phi) is 3.78. The van der Waals surface area contributed by atoms with Crippen LogP contribution >= 0.6 is 0 Å². The lowest BCUT2D eigenvalue weighted by Crippen LogP contribution is -2.48. The van der Waals surface area contributed by atoms with Crippen LogP contribution in [0.3, 0.4) is 0 Å². The van der Waals surface area contributed by atoms with Crippen molar-refractivity contribution in [3.63, 3.8) is 0 Å². The van der Waals surface area contributed by atoms with Gasteiger partial charge in [0.15, 0.2) is 0 Å². The number of likely N-dealkylation sites (tertiary alicyclic amines) is 1. The molecule has 1 aliphatic rings. The van der Waals surface area contributed by atoms with Crippen LogP contribution in [0.4, 0.5) is 0 Å². The lowest BCUT2D eigenvalue weighted by atomic mass is 10.0. The molecule has 1 unspecified atom stereocenters. The average Bonchev–Trinajstić information content (AvgIpc) is 2.36. The minimum Gasteiger partial charge on any atom is -0.480 e. The van der Waals surface area contributed by atoms with Crippen molar-refractivity contribution in [1.82, 2.24) is 14.9 Å².